The zero-order chi connectivity index (χ0) is 45.6. The van der Waals surface area contributed by atoms with Crippen LogP contribution < -0.4 is 30.4 Å². The van der Waals surface area contributed by atoms with Crippen molar-refractivity contribution in [2.45, 2.75) is 78.1 Å². The van der Waals surface area contributed by atoms with E-state index in [-0.39, 0.29) is 17.5 Å². The van der Waals surface area contributed by atoms with Crippen molar-refractivity contribution in [2.75, 3.05) is 14.7 Å². The van der Waals surface area contributed by atoms with Gasteiger partial charge in [0.2, 0.25) is 0 Å². The molecule has 12 rings (SSSR count). The molecule has 9 aromatic rings. The first-order chi connectivity index (χ1) is 32.5. The van der Waals surface area contributed by atoms with Gasteiger partial charge in [0.05, 0.1) is 11.4 Å². The second-order valence-corrected chi connectivity index (χ2v) is 21.9. The smallest absolute Gasteiger partial charge is 0.264 e. The number of nitrogens with zero attached hydrogens (tertiary/aromatic N) is 3. The molecule has 0 amide bonds. The molecule has 0 unspecified atom stereocenters. The third-order valence-corrected chi connectivity index (χ3v) is 15.8. The summed E-state index contributed by atoms with van der Waals surface area (Å²) in [7, 11) is 0. The van der Waals surface area contributed by atoms with E-state index in [9.17, 15) is 0 Å². The van der Waals surface area contributed by atoms with Gasteiger partial charge in [-0.1, -0.05) is 157 Å². The first-order valence-electron chi connectivity index (χ1n) is 24.2. The summed E-state index contributed by atoms with van der Waals surface area (Å²) in [5.74, 6) is 0. The van der Waals surface area contributed by atoms with Gasteiger partial charge in [-0.05, 0) is 147 Å². The average Bonchev–Trinajstić information content (AvgIpc) is 3.73. The first-order valence-corrected chi connectivity index (χ1v) is 25.0. The number of para-hydroxylation sites is 2. The molecule has 0 radical (unpaired) electrons. The molecule has 8 aromatic carbocycles. The second-order valence-electron chi connectivity index (χ2n) is 20.8. The molecule has 0 N–H and O–H groups in total. The molecule has 5 heteroatoms. The maximum Gasteiger partial charge on any atom is 0.264 e. The van der Waals surface area contributed by atoms with Crippen LogP contribution in [0.15, 0.2) is 182 Å². The molecule has 3 nitrogen and oxygen atoms in total. The van der Waals surface area contributed by atoms with E-state index in [4.69, 9.17) is 0 Å². The van der Waals surface area contributed by atoms with Gasteiger partial charge in [0.1, 0.15) is 0 Å². The van der Waals surface area contributed by atoms with Crippen LogP contribution >= 0.6 is 11.3 Å². The summed E-state index contributed by atoms with van der Waals surface area (Å²) in [5, 5.41) is 2.45. The Kier molecular flexibility index (Phi) is 9.89. The molecule has 0 saturated carbocycles. The summed E-state index contributed by atoms with van der Waals surface area (Å²) < 4.78 is 1.48. The summed E-state index contributed by atoms with van der Waals surface area (Å²) in [6.45, 7) is 14.1. The van der Waals surface area contributed by atoms with E-state index in [0.717, 1.165) is 35.6 Å². The maximum absolute atomic E-state index is 2.65. The Balaban J connectivity index is 1.14. The summed E-state index contributed by atoms with van der Waals surface area (Å²) in [6, 6.07) is 68.5. The number of thiophene rings is 1. The number of fused-ring (bicyclic) bond motifs is 7. The van der Waals surface area contributed by atoms with Gasteiger partial charge in [0.15, 0.2) is 0 Å². The van der Waals surface area contributed by atoms with Crippen LogP contribution in [-0.4, -0.2) is 6.71 Å². The van der Waals surface area contributed by atoms with Crippen LogP contribution in [0.5, 0.6) is 0 Å². The maximum atomic E-state index is 2.65. The van der Waals surface area contributed by atoms with E-state index in [1.165, 1.54) is 90.0 Å². The third-order valence-electron chi connectivity index (χ3n) is 14.5. The monoisotopic (exact) mass is 885 g/mol. The Bertz CT molecular complexity index is 3330. The van der Waals surface area contributed by atoms with E-state index < -0.39 is 0 Å². The van der Waals surface area contributed by atoms with Crippen molar-refractivity contribution in [3.05, 3.63) is 204 Å². The first kappa shape index (κ1) is 41.6. The fraction of sp³-hybridized carbons (Fsp3) is 0.194. The SMILES string of the molecule is CC(C)(C)c1ccc(N(c2ccc3c(c2)N(c2ccccc2)c2cc(C(C)(C)C)cc4c2B3c2sc3c(c2N4c2ccccc2)CCCC3)c2ccc(-c3ccccc3)c3ccccc23)cc1. The largest absolute Gasteiger partial charge is 0.311 e. The van der Waals surface area contributed by atoms with Gasteiger partial charge in [-0.15, -0.1) is 0 Å². The molecule has 0 saturated heterocycles. The molecule has 0 atom stereocenters. The lowest BCUT2D eigenvalue weighted by Crippen LogP contribution is -2.60. The number of hydrogen-bond donors (Lipinski definition) is 0. The molecule has 3 heterocycles. The van der Waals surface area contributed by atoms with Gasteiger partial charge >= 0.3 is 0 Å². The minimum atomic E-state index is -0.0921. The normalized spacial score (nSPS) is 14.1. The zero-order valence-electron chi connectivity index (χ0n) is 39.5. The fourth-order valence-corrected chi connectivity index (χ4v) is 12.6. The van der Waals surface area contributed by atoms with E-state index >= 15 is 0 Å². The molecular formula is C62H56BN3S. The summed E-state index contributed by atoms with van der Waals surface area (Å²) >= 11 is 2.08. The van der Waals surface area contributed by atoms with Gasteiger partial charge < -0.3 is 14.7 Å². The van der Waals surface area contributed by atoms with Crippen LogP contribution in [0, 0.1) is 0 Å². The third kappa shape index (κ3) is 6.92. The summed E-state index contributed by atoms with van der Waals surface area (Å²) in [4.78, 5) is 9.31. The van der Waals surface area contributed by atoms with E-state index in [1.807, 2.05) is 0 Å². The lowest BCUT2D eigenvalue weighted by atomic mass is 9.36. The number of hydrogen-bond acceptors (Lipinski definition) is 4. The van der Waals surface area contributed by atoms with Crippen molar-refractivity contribution in [1.29, 1.82) is 0 Å². The standard InChI is InChI=1S/C62H56BN3S/c1-61(2,3)42-30-32-46(33-31-42)64(53-37-35-48(41-20-10-7-11-21-41)49-26-16-17-27-50(49)53)47-34-36-52-54(40-47)65(44-22-12-8-13-23-44)55-38-43(62(4,5)6)39-56-58(55)63(52)60-59(51-28-18-19-29-57(51)67-60)66(56)45-24-14-9-15-25-45/h7-17,20-27,30-40H,18-19,28-29H2,1-6H3. The lowest BCUT2D eigenvalue weighted by Gasteiger charge is -2.44. The Morgan fingerprint density at radius 1 is 0.507 bits per heavy atom. The Labute approximate surface area is 401 Å². The average molecular weight is 886 g/mol. The quantitative estimate of drug-likeness (QED) is 0.154. The molecule has 0 spiro atoms. The predicted molar refractivity (Wildman–Crippen MR) is 290 cm³/mol. The number of anilines is 9. The minimum absolute atomic E-state index is 0.0312. The van der Waals surface area contributed by atoms with Gasteiger partial charge in [-0.3, -0.25) is 0 Å². The molecule has 328 valence electrons. The highest BCUT2D eigenvalue weighted by atomic mass is 32.1. The van der Waals surface area contributed by atoms with E-state index in [0.29, 0.717) is 0 Å². The highest BCUT2D eigenvalue weighted by molar-refractivity contribution is 7.29. The van der Waals surface area contributed by atoms with Crippen LogP contribution in [0.4, 0.5) is 51.2 Å². The predicted octanol–water partition coefficient (Wildman–Crippen LogP) is 15.6. The molecule has 1 aliphatic carbocycles. The molecule has 3 aliphatic rings. The van der Waals surface area contributed by atoms with Crippen LogP contribution in [0.3, 0.4) is 0 Å². The van der Waals surface area contributed by atoms with Crippen molar-refractivity contribution in [1.82, 2.24) is 0 Å². The van der Waals surface area contributed by atoms with Crippen molar-refractivity contribution in [3.63, 3.8) is 0 Å². The van der Waals surface area contributed by atoms with Crippen molar-refractivity contribution in [2.24, 2.45) is 0 Å². The molecule has 0 fully saturated rings. The molecular weight excluding hydrogens is 830 g/mol. The molecule has 0 bridgehead atoms. The zero-order valence-corrected chi connectivity index (χ0v) is 40.3. The summed E-state index contributed by atoms with van der Waals surface area (Å²) in [6.07, 6.45) is 4.77. The van der Waals surface area contributed by atoms with Crippen molar-refractivity contribution < 1.29 is 0 Å². The number of rotatable bonds is 6. The fourth-order valence-electron chi connectivity index (χ4n) is 11.1. The van der Waals surface area contributed by atoms with Crippen LogP contribution in [0.25, 0.3) is 21.9 Å². The van der Waals surface area contributed by atoms with Crippen LogP contribution in [-0.2, 0) is 23.7 Å². The number of aryl methyl sites for hydroxylation is 1. The molecule has 2 aliphatic heterocycles. The molecule has 67 heavy (non-hydrogen) atoms. The van der Waals surface area contributed by atoms with Gasteiger partial charge in [-0.2, -0.15) is 11.3 Å². The van der Waals surface area contributed by atoms with E-state index in [2.05, 4.69) is 250 Å². The van der Waals surface area contributed by atoms with Crippen molar-refractivity contribution in [3.8, 4) is 11.1 Å². The van der Waals surface area contributed by atoms with E-state index in [1.54, 1.807) is 10.4 Å². The number of benzene rings is 8. The Hall–Kier alpha value is -6.82. The Morgan fingerprint density at radius 3 is 1.76 bits per heavy atom. The Morgan fingerprint density at radius 2 is 1.09 bits per heavy atom. The van der Waals surface area contributed by atoms with Gasteiger partial charge in [0, 0.05) is 54.9 Å². The van der Waals surface area contributed by atoms with Gasteiger partial charge in [-0.25, -0.2) is 0 Å². The minimum Gasteiger partial charge on any atom is -0.311 e. The summed E-state index contributed by atoms with van der Waals surface area (Å²) in [5.41, 5.74) is 20.4. The van der Waals surface area contributed by atoms with Crippen molar-refractivity contribution >= 4 is 95.7 Å². The lowest BCUT2D eigenvalue weighted by molar-refractivity contribution is 0.590. The van der Waals surface area contributed by atoms with Crippen LogP contribution in [0.2, 0.25) is 0 Å². The topological polar surface area (TPSA) is 9.72 Å². The molecule has 1 aromatic heterocycles. The van der Waals surface area contributed by atoms with Gasteiger partial charge in [0.25, 0.3) is 6.71 Å². The highest BCUT2D eigenvalue weighted by Gasteiger charge is 2.47. The van der Waals surface area contributed by atoms with Crippen LogP contribution in [0.1, 0.15) is 76.0 Å². The second kappa shape index (κ2) is 15.9. The highest BCUT2D eigenvalue weighted by Crippen LogP contribution is 2.51.